The summed E-state index contributed by atoms with van der Waals surface area (Å²) in [6, 6.07) is 15.0. The van der Waals surface area contributed by atoms with E-state index in [4.69, 9.17) is 4.74 Å². The van der Waals surface area contributed by atoms with Gasteiger partial charge in [0, 0.05) is 0 Å². The second kappa shape index (κ2) is 8.90. The van der Waals surface area contributed by atoms with Crippen molar-refractivity contribution >= 4 is 21.6 Å². The Balaban J connectivity index is 2.24. The van der Waals surface area contributed by atoms with Gasteiger partial charge in [-0.2, -0.15) is 0 Å². The van der Waals surface area contributed by atoms with Crippen molar-refractivity contribution in [3.05, 3.63) is 60.2 Å². The number of anilines is 1. The molecule has 0 saturated carbocycles. The van der Waals surface area contributed by atoms with Crippen LogP contribution in [0.2, 0.25) is 0 Å². The number of nitrogens with zero attached hydrogens (tertiary/aromatic N) is 1. The molecule has 0 fully saturated rings. The first-order chi connectivity index (χ1) is 12.8. The van der Waals surface area contributed by atoms with Gasteiger partial charge in [-0.25, -0.2) is 8.42 Å². The highest BCUT2D eigenvalue weighted by Crippen LogP contribution is 2.23. The van der Waals surface area contributed by atoms with Crippen LogP contribution < -0.4 is 14.4 Å². The van der Waals surface area contributed by atoms with Crippen LogP contribution in [0.5, 0.6) is 5.75 Å². The Hall–Kier alpha value is -2.54. The molecule has 2 atom stereocenters. The first kappa shape index (κ1) is 20.8. The minimum Gasteiger partial charge on any atom is -0.497 e. The zero-order chi connectivity index (χ0) is 20.0. The van der Waals surface area contributed by atoms with E-state index in [1.807, 2.05) is 31.2 Å². The van der Waals surface area contributed by atoms with Gasteiger partial charge in [0.15, 0.2) is 0 Å². The number of nitrogens with one attached hydrogen (secondary N) is 1. The third-order valence-electron chi connectivity index (χ3n) is 4.31. The summed E-state index contributed by atoms with van der Waals surface area (Å²) in [5, 5.41) is 2.92. The molecule has 6 nitrogen and oxygen atoms in total. The maximum absolute atomic E-state index is 12.9. The second-order valence-electron chi connectivity index (χ2n) is 6.32. The molecule has 0 bridgehead atoms. The van der Waals surface area contributed by atoms with Crippen molar-refractivity contribution in [2.24, 2.45) is 0 Å². The summed E-state index contributed by atoms with van der Waals surface area (Å²) < 4.78 is 31.1. The number of benzene rings is 2. The number of rotatable bonds is 8. The van der Waals surface area contributed by atoms with Crippen molar-refractivity contribution in [1.82, 2.24) is 5.32 Å². The molecule has 0 heterocycles. The average molecular weight is 391 g/mol. The largest absolute Gasteiger partial charge is 0.497 e. The molecule has 27 heavy (non-hydrogen) atoms. The number of hydrogen-bond acceptors (Lipinski definition) is 4. The zero-order valence-electron chi connectivity index (χ0n) is 16.0. The Bertz CT molecular complexity index is 851. The number of sulfonamides is 1. The summed E-state index contributed by atoms with van der Waals surface area (Å²) in [7, 11) is -2.04. The monoisotopic (exact) mass is 390 g/mol. The van der Waals surface area contributed by atoms with Crippen LogP contribution in [0.3, 0.4) is 0 Å². The third-order valence-corrected chi connectivity index (χ3v) is 5.49. The summed E-state index contributed by atoms with van der Waals surface area (Å²) >= 11 is 0. The number of methoxy groups -OCH3 is 1. The lowest BCUT2D eigenvalue weighted by Gasteiger charge is -2.31. The third kappa shape index (κ3) is 5.23. The fourth-order valence-corrected chi connectivity index (χ4v) is 4.13. The maximum atomic E-state index is 12.9. The van der Waals surface area contributed by atoms with Crippen LogP contribution in [0.4, 0.5) is 5.69 Å². The van der Waals surface area contributed by atoms with Crippen molar-refractivity contribution in [2.75, 3.05) is 17.7 Å². The Morgan fingerprint density at radius 3 is 2.19 bits per heavy atom. The van der Waals surface area contributed by atoms with Gasteiger partial charge >= 0.3 is 0 Å². The average Bonchev–Trinajstić information content (AvgIpc) is 2.65. The van der Waals surface area contributed by atoms with Crippen molar-refractivity contribution in [3.8, 4) is 5.75 Å². The fourth-order valence-electron chi connectivity index (χ4n) is 2.92. The molecule has 0 unspecified atom stereocenters. The summed E-state index contributed by atoms with van der Waals surface area (Å²) in [5.74, 6) is 0.395. The van der Waals surface area contributed by atoms with Crippen LogP contribution in [0.1, 0.15) is 31.9 Å². The van der Waals surface area contributed by atoms with Crippen LogP contribution in [0, 0.1) is 0 Å². The summed E-state index contributed by atoms with van der Waals surface area (Å²) in [6.45, 7) is 3.66. The van der Waals surface area contributed by atoms with Gasteiger partial charge in [-0.3, -0.25) is 9.10 Å². The molecule has 0 aliphatic carbocycles. The number of hydrogen-bond donors (Lipinski definition) is 1. The Morgan fingerprint density at radius 2 is 1.70 bits per heavy atom. The van der Waals surface area contributed by atoms with Crippen LogP contribution in [-0.4, -0.2) is 33.7 Å². The lowest BCUT2D eigenvalue weighted by atomic mass is 10.1. The first-order valence-electron chi connectivity index (χ1n) is 8.76. The SMILES string of the molecule is CC[C@@H](C(=O)N[C@H](C)c1ccc(OC)cc1)N(c1ccccc1)S(C)(=O)=O. The number of para-hydroxylation sites is 1. The summed E-state index contributed by atoms with van der Waals surface area (Å²) in [6.07, 6.45) is 1.46. The van der Waals surface area contributed by atoms with E-state index in [2.05, 4.69) is 5.32 Å². The molecule has 0 aliphatic rings. The molecule has 0 aromatic heterocycles. The normalized spacial score (nSPS) is 13.5. The lowest BCUT2D eigenvalue weighted by molar-refractivity contribution is -0.122. The highest BCUT2D eigenvalue weighted by atomic mass is 32.2. The Morgan fingerprint density at radius 1 is 1.11 bits per heavy atom. The molecule has 1 N–H and O–H groups in total. The van der Waals surface area contributed by atoms with Gasteiger partial charge in [0.05, 0.1) is 25.1 Å². The fraction of sp³-hybridized carbons (Fsp3) is 0.350. The maximum Gasteiger partial charge on any atom is 0.244 e. The molecule has 2 aromatic carbocycles. The van der Waals surface area contributed by atoms with Gasteiger partial charge in [-0.15, -0.1) is 0 Å². The van der Waals surface area contributed by atoms with Crippen LogP contribution in [0.25, 0.3) is 0 Å². The van der Waals surface area contributed by atoms with E-state index in [1.165, 1.54) is 4.31 Å². The molecular formula is C20H26N2O4S. The van der Waals surface area contributed by atoms with Crippen molar-refractivity contribution in [2.45, 2.75) is 32.4 Å². The number of carbonyl (C=O) groups excluding carboxylic acids is 1. The Kier molecular flexibility index (Phi) is 6.85. The lowest BCUT2D eigenvalue weighted by Crippen LogP contribution is -2.49. The number of amides is 1. The highest BCUT2D eigenvalue weighted by molar-refractivity contribution is 7.92. The van der Waals surface area contributed by atoms with E-state index in [9.17, 15) is 13.2 Å². The standard InChI is InChI=1S/C20H26N2O4S/c1-5-19(22(27(4,24)25)17-9-7-6-8-10-17)20(23)21-15(2)16-11-13-18(26-3)14-12-16/h6-15,19H,5H2,1-4H3,(H,21,23)/t15-,19+/m1/s1. The number of ether oxygens (including phenoxy) is 1. The van der Waals surface area contributed by atoms with Crippen LogP contribution >= 0.6 is 0 Å². The minimum atomic E-state index is -3.63. The first-order valence-corrected chi connectivity index (χ1v) is 10.6. The van der Waals surface area contributed by atoms with E-state index in [-0.39, 0.29) is 11.9 Å². The summed E-state index contributed by atoms with van der Waals surface area (Å²) in [4.78, 5) is 12.9. The molecule has 0 saturated heterocycles. The van der Waals surface area contributed by atoms with Crippen LogP contribution in [-0.2, 0) is 14.8 Å². The van der Waals surface area contributed by atoms with Gasteiger partial charge in [-0.1, -0.05) is 37.3 Å². The van der Waals surface area contributed by atoms with Crippen molar-refractivity contribution in [3.63, 3.8) is 0 Å². The molecule has 2 aromatic rings. The van der Waals surface area contributed by atoms with Crippen LogP contribution in [0.15, 0.2) is 54.6 Å². The molecular weight excluding hydrogens is 364 g/mol. The van der Waals surface area contributed by atoms with Gasteiger partial charge < -0.3 is 10.1 Å². The molecule has 0 radical (unpaired) electrons. The van der Waals surface area contributed by atoms with E-state index >= 15 is 0 Å². The smallest absolute Gasteiger partial charge is 0.244 e. The molecule has 7 heteroatoms. The number of carbonyl (C=O) groups is 1. The predicted octanol–water partition coefficient (Wildman–Crippen LogP) is 3.12. The van der Waals surface area contributed by atoms with E-state index < -0.39 is 16.1 Å². The predicted molar refractivity (Wildman–Crippen MR) is 107 cm³/mol. The van der Waals surface area contributed by atoms with Crippen molar-refractivity contribution in [1.29, 1.82) is 0 Å². The molecule has 0 aliphatic heterocycles. The Labute approximate surface area is 161 Å². The second-order valence-corrected chi connectivity index (χ2v) is 8.18. The van der Waals surface area contributed by atoms with E-state index in [1.54, 1.807) is 44.4 Å². The quantitative estimate of drug-likeness (QED) is 0.751. The van der Waals surface area contributed by atoms with Crippen molar-refractivity contribution < 1.29 is 17.9 Å². The molecule has 146 valence electrons. The zero-order valence-corrected chi connectivity index (χ0v) is 16.9. The van der Waals surface area contributed by atoms with Gasteiger partial charge in [0.25, 0.3) is 0 Å². The summed E-state index contributed by atoms with van der Waals surface area (Å²) in [5.41, 5.74) is 1.38. The van der Waals surface area contributed by atoms with Gasteiger partial charge in [0.2, 0.25) is 15.9 Å². The van der Waals surface area contributed by atoms with Gasteiger partial charge in [0.1, 0.15) is 11.8 Å². The topological polar surface area (TPSA) is 75.7 Å². The van der Waals surface area contributed by atoms with E-state index in [0.717, 1.165) is 17.6 Å². The highest BCUT2D eigenvalue weighted by Gasteiger charge is 2.32. The van der Waals surface area contributed by atoms with Gasteiger partial charge in [-0.05, 0) is 43.2 Å². The van der Waals surface area contributed by atoms with E-state index in [0.29, 0.717) is 12.1 Å². The minimum absolute atomic E-state index is 0.269. The molecule has 0 spiro atoms. The molecule has 2 rings (SSSR count). The molecule has 1 amide bonds.